The van der Waals surface area contributed by atoms with Crippen LogP contribution >= 0.6 is 0 Å². The largest absolute Gasteiger partial charge is 0.416 e. The molecule has 1 saturated heterocycles. The molecule has 2 aromatic heterocycles. The van der Waals surface area contributed by atoms with E-state index in [-0.39, 0.29) is 24.5 Å². The van der Waals surface area contributed by atoms with Crippen molar-refractivity contribution in [3.05, 3.63) is 64.9 Å². The van der Waals surface area contributed by atoms with Crippen LogP contribution in [0.1, 0.15) is 52.3 Å². The highest BCUT2D eigenvalue weighted by Crippen LogP contribution is 2.36. The number of hydrogen-bond donors (Lipinski definition) is 0. The molecule has 3 aromatic rings. The molecule has 35 heavy (non-hydrogen) atoms. The predicted molar refractivity (Wildman–Crippen MR) is 120 cm³/mol. The Hall–Kier alpha value is -3.60. The molecule has 0 N–H and O–H groups in total. The molecule has 4 heterocycles. The average molecular weight is 485 g/mol. The smallest absolute Gasteiger partial charge is 0.378 e. The molecular formula is C24H22F3N5O3. The summed E-state index contributed by atoms with van der Waals surface area (Å²) >= 11 is 0. The number of hydrogen-bond acceptors (Lipinski definition) is 8. The van der Waals surface area contributed by atoms with E-state index in [1.54, 1.807) is 12.1 Å². The maximum absolute atomic E-state index is 13.0. The van der Waals surface area contributed by atoms with E-state index in [4.69, 9.17) is 9.26 Å². The lowest BCUT2D eigenvalue weighted by atomic mass is 9.98. The lowest BCUT2D eigenvalue weighted by molar-refractivity contribution is -0.137. The fourth-order valence-corrected chi connectivity index (χ4v) is 4.13. The number of alkyl halides is 3. The molecule has 0 saturated carbocycles. The second kappa shape index (κ2) is 9.21. The van der Waals surface area contributed by atoms with Crippen molar-refractivity contribution in [2.75, 3.05) is 31.2 Å². The zero-order valence-electron chi connectivity index (χ0n) is 18.9. The van der Waals surface area contributed by atoms with Gasteiger partial charge in [0.25, 0.3) is 0 Å². The van der Waals surface area contributed by atoms with Gasteiger partial charge in [0.2, 0.25) is 0 Å². The Kier molecular flexibility index (Phi) is 6.10. The molecule has 2 aliphatic rings. The Morgan fingerprint density at radius 2 is 1.94 bits per heavy atom. The summed E-state index contributed by atoms with van der Waals surface area (Å²) in [6.07, 6.45) is -2.65. The Labute approximate surface area is 198 Å². The second-order valence-electron chi connectivity index (χ2n) is 8.58. The number of fused-ring (bicyclic) bond motifs is 1. The first kappa shape index (κ1) is 23.2. The lowest BCUT2D eigenvalue weighted by Gasteiger charge is -2.27. The van der Waals surface area contributed by atoms with E-state index in [2.05, 4.69) is 20.1 Å². The molecule has 2 aliphatic heterocycles. The maximum Gasteiger partial charge on any atom is 0.416 e. The van der Waals surface area contributed by atoms with Gasteiger partial charge in [-0.25, -0.2) is 15.0 Å². The molecule has 1 aromatic carbocycles. The van der Waals surface area contributed by atoms with Crippen LogP contribution in [0.15, 0.2) is 46.2 Å². The number of anilines is 1. The van der Waals surface area contributed by atoms with E-state index in [9.17, 15) is 18.0 Å². The van der Waals surface area contributed by atoms with Gasteiger partial charge in [-0.3, -0.25) is 4.79 Å². The number of Topliss-reactive ketones (excluding diaryl/α,β-unsaturated/α-hetero) is 1. The van der Waals surface area contributed by atoms with Gasteiger partial charge in [0.05, 0.1) is 35.9 Å². The Morgan fingerprint density at radius 3 is 2.71 bits per heavy atom. The van der Waals surface area contributed by atoms with Gasteiger partial charge in [0.15, 0.2) is 11.5 Å². The number of carbonyl (C=O) groups is 1. The minimum absolute atomic E-state index is 0.149. The van der Waals surface area contributed by atoms with Crippen LogP contribution in [-0.2, 0) is 17.3 Å². The normalized spacial score (nSPS) is 16.7. The zero-order chi connectivity index (χ0) is 24.6. The summed E-state index contributed by atoms with van der Waals surface area (Å²) < 4.78 is 49.8. The summed E-state index contributed by atoms with van der Waals surface area (Å²) in [4.78, 5) is 27.7. The van der Waals surface area contributed by atoms with Gasteiger partial charge >= 0.3 is 6.18 Å². The molecule has 0 amide bonds. The van der Waals surface area contributed by atoms with Gasteiger partial charge < -0.3 is 14.2 Å². The number of aromatic nitrogens is 3. The van der Waals surface area contributed by atoms with Crippen LogP contribution in [0.2, 0.25) is 0 Å². The Bertz CT molecular complexity index is 1280. The number of ketones is 1. The third kappa shape index (κ3) is 4.95. The number of carbonyl (C=O) groups excluding carboxylic acids is 1. The summed E-state index contributed by atoms with van der Waals surface area (Å²) in [6.45, 7) is 4.48. The number of nitrogens with zero attached hydrogens (tertiary/aromatic N) is 5. The van der Waals surface area contributed by atoms with Crippen molar-refractivity contribution < 1.29 is 27.2 Å². The van der Waals surface area contributed by atoms with Crippen molar-refractivity contribution in [1.82, 2.24) is 15.1 Å². The minimum Gasteiger partial charge on any atom is -0.378 e. The third-order valence-corrected chi connectivity index (χ3v) is 6.10. The maximum atomic E-state index is 13.0. The van der Waals surface area contributed by atoms with E-state index in [1.165, 1.54) is 12.4 Å². The first-order chi connectivity index (χ1) is 16.8. The molecule has 0 unspecified atom stereocenters. The van der Waals surface area contributed by atoms with E-state index >= 15 is 0 Å². The van der Waals surface area contributed by atoms with Gasteiger partial charge in [-0.1, -0.05) is 12.1 Å². The molecule has 0 spiro atoms. The number of benzene rings is 1. The molecule has 1 fully saturated rings. The molecule has 11 heteroatoms. The fraction of sp³-hybridized carbons (Fsp3) is 0.375. The van der Waals surface area contributed by atoms with Crippen molar-refractivity contribution in [2.24, 2.45) is 4.99 Å². The van der Waals surface area contributed by atoms with Crippen LogP contribution in [0.4, 0.5) is 24.7 Å². The topological polar surface area (TPSA) is 93.7 Å². The number of rotatable bonds is 6. The second-order valence-corrected chi connectivity index (χ2v) is 8.58. The first-order valence-electron chi connectivity index (χ1n) is 11.2. The van der Waals surface area contributed by atoms with Crippen molar-refractivity contribution in [1.29, 1.82) is 0 Å². The number of morpholine rings is 1. The number of aliphatic imine (C=N–C) groups is 1. The highest BCUT2D eigenvalue weighted by Gasteiger charge is 2.32. The highest BCUT2D eigenvalue weighted by molar-refractivity contribution is 6.04. The highest BCUT2D eigenvalue weighted by atomic mass is 19.4. The third-order valence-electron chi connectivity index (χ3n) is 6.10. The van der Waals surface area contributed by atoms with Crippen molar-refractivity contribution >= 4 is 23.0 Å². The minimum atomic E-state index is -4.41. The first-order valence-corrected chi connectivity index (χ1v) is 11.2. The standard InChI is InChI=1S/C24H22F3N5O3/c1-14(8-21(33)19-12-23(29-13-28-19)32-4-6-34-7-5-32)18-11-22(35-31-18)20-10-15-9-16(24(25,26)27)2-3-17(15)30-20/h2-3,9,11-14H,4-8,10H2,1H3/t14-/m1/s1. The fourth-order valence-electron chi connectivity index (χ4n) is 4.13. The van der Waals surface area contributed by atoms with Gasteiger partial charge in [-0.2, -0.15) is 13.2 Å². The van der Waals surface area contributed by atoms with Crippen LogP contribution < -0.4 is 4.90 Å². The summed E-state index contributed by atoms with van der Waals surface area (Å²) in [6, 6.07) is 6.86. The van der Waals surface area contributed by atoms with Crippen LogP contribution in [0.25, 0.3) is 0 Å². The van der Waals surface area contributed by atoms with Crippen molar-refractivity contribution in [3.63, 3.8) is 0 Å². The molecule has 182 valence electrons. The Morgan fingerprint density at radius 1 is 1.14 bits per heavy atom. The van der Waals surface area contributed by atoms with E-state index in [0.29, 0.717) is 66.2 Å². The molecule has 8 nitrogen and oxygen atoms in total. The number of ether oxygens (including phenoxy) is 1. The van der Waals surface area contributed by atoms with Crippen LogP contribution in [0.3, 0.4) is 0 Å². The summed E-state index contributed by atoms with van der Waals surface area (Å²) in [5.41, 5.74) is 1.64. The van der Waals surface area contributed by atoms with E-state index < -0.39 is 11.7 Å². The van der Waals surface area contributed by atoms with E-state index in [0.717, 1.165) is 12.1 Å². The van der Waals surface area contributed by atoms with Crippen LogP contribution in [0.5, 0.6) is 0 Å². The molecule has 0 bridgehead atoms. The lowest BCUT2D eigenvalue weighted by Crippen LogP contribution is -2.36. The van der Waals surface area contributed by atoms with Gasteiger partial charge in [-0.05, 0) is 23.8 Å². The molecule has 0 aliphatic carbocycles. The Balaban J connectivity index is 1.25. The summed E-state index contributed by atoms with van der Waals surface area (Å²) in [5, 5.41) is 4.08. The monoisotopic (exact) mass is 485 g/mol. The van der Waals surface area contributed by atoms with Crippen molar-refractivity contribution in [2.45, 2.75) is 31.9 Å². The average Bonchev–Trinajstić information content (AvgIpc) is 3.51. The molecular weight excluding hydrogens is 463 g/mol. The SMILES string of the molecule is C[C@H](CC(=O)c1cc(N2CCOCC2)ncn1)c1cc(C2=Nc3ccc(C(F)(F)F)cc3C2)on1. The quantitative estimate of drug-likeness (QED) is 0.479. The summed E-state index contributed by atoms with van der Waals surface area (Å²) in [5.74, 6) is 0.656. The van der Waals surface area contributed by atoms with Crippen LogP contribution in [0, 0.1) is 0 Å². The molecule has 5 rings (SSSR count). The van der Waals surface area contributed by atoms with Gasteiger partial charge in [0.1, 0.15) is 17.8 Å². The zero-order valence-corrected chi connectivity index (χ0v) is 18.9. The number of halogens is 3. The van der Waals surface area contributed by atoms with Gasteiger partial charge in [0, 0.05) is 44.0 Å². The van der Waals surface area contributed by atoms with Crippen LogP contribution in [-0.4, -0.2) is 52.9 Å². The van der Waals surface area contributed by atoms with Gasteiger partial charge in [-0.15, -0.1) is 0 Å². The molecule has 1 atom stereocenters. The van der Waals surface area contributed by atoms with Crippen molar-refractivity contribution in [3.8, 4) is 0 Å². The molecule has 0 radical (unpaired) electrons. The van der Waals surface area contributed by atoms with E-state index in [1.807, 2.05) is 11.8 Å². The predicted octanol–water partition coefficient (Wildman–Crippen LogP) is 4.37. The summed E-state index contributed by atoms with van der Waals surface area (Å²) in [7, 11) is 0.